The van der Waals surface area contributed by atoms with Crippen LogP contribution in [0.3, 0.4) is 0 Å². The van der Waals surface area contributed by atoms with E-state index < -0.39 is 0 Å². The predicted molar refractivity (Wildman–Crippen MR) is 154 cm³/mol. The lowest BCUT2D eigenvalue weighted by atomic mass is 9.95. The van der Waals surface area contributed by atoms with E-state index in [0.29, 0.717) is 23.1 Å². The summed E-state index contributed by atoms with van der Waals surface area (Å²) in [6, 6.07) is 16.7. The van der Waals surface area contributed by atoms with E-state index in [0.717, 1.165) is 47.7 Å². The highest BCUT2D eigenvalue weighted by Gasteiger charge is 2.27. The van der Waals surface area contributed by atoms with Crippen molar-refractivity contribution < 1.29 is 9.47 Å². The molecule has 0 amide bonds. The number of halogens is 1. The summed E-state index contributed by atoms with van der Waals surface area (Å²) in [4.78, 5) is 10.1. The molecule has 37 heavy (non-hydrogen) atoms. The third-order valence-corrected chi connectivity index (χ3v) is 8.30. The zero-order valence-electron chi connectivity index (χ0n) is 22.2. The Morgan fingerprint density at radius 2 is 1.81 bits per heavy atom. The first-order valence-corrected chi connectivity index (χ1v) is 13.8. The maximum absolute atomic E-state index is 7.18. The number of aromatic nitrogens is 1. The topological polar surface area (TPSA) is 46.6 Å². The summed E-state index contributed by atoms with van der Waals surface area (Å²) in [5, 5.41) is 5.44. The Bertz CT molecular complexity index is 1410. The van der Waals surface area contributed by atoms with E-state index in [4.69, 9.17) is 26.1 Å². The van der Waals surface area contributed by atoms with Crippen LogP contribution in [0.15, 0.2) is 48.5 Å². The maximum Gasteiger partial charge on any atom is 0.161 e. The standard InChI is InChI=1S/C30H34ClN3O2S/c1-30(2,3)32-16-22-28(31)26(20-11-12-23(35-4)24(15-20)36-5)27-21-13-14-34(17-19-9-7-6-8-10-19)18-25(21)37-29(27)33-22/h6-12,15,32H,13-14,16-18H2,1-5H3. The van der Waals surface area contributed by atoms with Gasteiger partial charge in [0.25, 0.3) is 0 Å². The number of rotatable bonds is 7. The van der Waals surface area contributed by atoms with Crippen molar-refractivity contribution in [1.29, 1.82) is 0 Å². The van der Waals surface area contributed by atoms with E-state index in [2.05, 4.69) is 67.4 Å². The van der Waals surface area contributed by atoms with Crippen LogP contribution in [0.5, 0.6) is 11.5 Å². The van der Waals surface area contributed by atoms with Crippen molar-refractivity contribution in [1.82, 2.24) is 15.2 Å². The molecule has 5 rings (SSSR count). The number of benzene rings is 2. The van der Waals surface area contributed by atoms with Crippen LogP contribution in [0.4, 0.5) is 0 Å². The number of nitrogens with one attached hydrogen (secondary N) is 1. The van der Waals surface area contributed by atoms with E-state index in [1.54, 1.807) is 25.6 Å². The molecule has 0 saturated heterocycles. The Kier molecular flexibility index (Phi) is 7.46. The van der Waals surface area contributed by atoms with Crippen molar-refractivity contribution in [3.63, 3.8) is 0 Å². The van der Waals surface area contributed by atoms with Crippen molar-refractivity contribution in [2.24, 2.45) is 0 Å². The monoisotopic (exact) mass is 535 g/mol. The highest BCUT2D eigenvalue weighted by atomic mass is 35.5. The van der Waals surface area contributed by atoms with Gasteiger partial charge in [-0.2, -0.15) is 0 Å². The number of hydrogen-bond acceptors (Lipinski definition) is 6. The Morgan fingerprint density at radius 1 is 1.05 bits per heavy atom. The number of thiophene rings is 1. The van der Waals surface area contributed by atoms with Crippen molar-refractivity contribution in [2.75, 3.05) is 20.8 Å². The molecule has 0 saturated carbocycles. The van der Waals surface area contributed by atoms with E-state index in [1.807, 2.05) is 12.1 Å². The Morgan fingerprint density at radius 3 is 2.51 bits per heavy atom. The average molecular weight is 536 g/mol. The van der Waals surface area contributed by atoms with Gasteiger partial charge in [-0.25, -0.2) is 4.98 Å². The summed E-state index contributed by atoms with van der Waals surface area (Å²) in [6.45, 7) is 9.93. The fraction of sp³-hybridized carbons (Fsp3) is 0.367. The van der Waals surface area contributed by atoms with Crippen molar-refractivity contribution >= 4 is 33.2 Å². The molecule has 5 nitrogen and oxygen atoms in total. The minimum Gasteiger partial charge on any atom is -0.493 e. The van der Waals surface area contributed by atoms with Crippen LogP contribution in [0, 0.1) is 0 Å². The summed E-state index contributed by atoms with van der Waals surface area (Å²) in [5.74, 6) is 1.39. The third kappa shape index (κ3) is 5.48. The second-order valence-electron chi connectivity index (χ2n) is 10.6. The van der Waals surface area contributed by atoms with Gasteiger partial charge in [0.15, 0.2) is 11.5 Å². The molecule has 0 fully saturated rings. The largest absolute Gasteiger partial charge is 0.493 e. The lowest BCUT2D eigenvalue weighted by Gasteiger charge is -2.27. The van der Waals surface area contributed by atoms with Gasteiger partial charge < -0.3 is 14.8 Å². The van der Waals surface area contributed by atoms with E-state index in [1.165, 1.54) is 21.4 Å². The summed E-state index contributed by atoms with van der Waals surface area (Å²) in [5.41, 5.74) is 5.59. The number of fused-ring (bicyclic) bond motifs is 3. The van der Waals surface area contributed by atoms with E-state index in [9.17, 15) is 0 Å². The molecule has 0 radical (unpaired) electrons. The van der Waals surface area contributed by atoms with Gasteiger partial charge in [0.05, 0.1) is 24.9 Å². The van der Waals surface area contributed by atoms with Crippen LogP contribution in [0.1, 0.15) is 42.5 Å². The van der Waals surface area contributed by atoms with E-state index >= 15 is 0 Å². The molecule has 0 atom stereocenters. The average Bonchev–Trinajstić information content (AvgIpc) is 3.24. The number of pyridine rings is 1. The molecule has 0 unspecified atom stereocenters. The fourth-order valence-corrected chi connectivity index (χ4v) is 6.51. The maximum atomic E-state index is 7.18. The number of methoxy groups -OCH3 is 2. The van der Waals surface area contributed by atoms with Gasteiger partial charge in [-0.1, -0.05) is 48.0 Å². The third-order valence-electron chi connectivity index (χ3n) is 6.78. The van der Waals surface area contributed by atoms with Crippen molar-refractivity contribution in [2.45, 2.75) is 52.4 Å². The van der Waals surface area contributed by atoms with Crippen molar-refractivity contribution in [3.05, 3.63) is 75.3 Å². The highest BCUT2D eigenvalue weighted by molar-refractivity contribution is 7.19. The normalized spacial score (nSPS) is 14.1. The molecule has 0 aliphatic carbocycles. The molecule has 4 aromatic rings. The van der Waals surface area contributed by atoms with Crippen LogP contribution < -0.4 is 14.8 Å². The SMILES string of the molecule is COc1ccc(-c2c(Cl)c(CNC(C)(C)C)nc3sc4c(c23)CCN(Cc2ccccc2)C4)cc1OC. The highest BCUT2D eigenvalue weighted by Crippen LogP contribution is 2.46. The van der Waals surface area contributed by atoms with Crippen LogP contribution in [0.2, 0.25) is 5.02 Å². The molecule has 2 aromatic carbocycles. The minimum absolute atomic E-state index is 0.0455. The molecule has 0 bridgehead atoms. The summed E-state index contributed by atoms with van der Waals surface area (Å²) in [7, 11) is 3.32. The molecular weight excluding hydrogens is 502 g/mol. The molecular formula is C30H34ClN3O2S. The first-order chi connectivity index (χ1) is 17.8. The van der Waals surface area contributed by atoms with Gasteiger partial charge in [0.2, 0.25) is 0 Å². The van der Waals surface area contributed by atoms with Gasteiger partial charge in [-0.15, -0.1) is 11.3 Å². The van der Waals surface area contributed by atoms with Crippen LogP contribution in [-0.4, -0.2) is 36.2 Å². The number of hydrogen-bond donors (Lipinski definition) is 1. The van der Waals surface area contributed by atoms with Gasteiger partial charge >= 0.3 is 0 Å². The quantitative estimate of drug-likeness (QED) is 0.274. The van der Waals surface area contributed by atoms with Crippen molar-refractivity contribution in [3.8, 4) is 22.6 Å². The first kappa shape index (κ1) is 26.0. The summed E-state index contributed by atoms with van der Waals surface area (Å²) in [6.07, 6.45) is 0.972. The molecule has 1 aliphatic heterocycles. The van der Waals surface area contributed by atoms with Gasteiger partial charge in [0, 0.05) is 47.5 Å². The molecule has 194 valence electrons. The first-order valence-electron chi connectivity index (χ1n) is 12.6. The van der Waals surface area contributed by atoms with Crippen LogP contribution in [0.25, 0.3) is 21.3 Å². The zero-order valence-corrected chi connectivity index (χ0v) is 23.7. The van der Waals surface area contributed by atoms with Gasteiger partial charge in [-0.3, -0.25) is 4.90 Å². The second kappa shape index (κ2) is 10.6. The van der Waals surface area contributed by atoms with Gasteiger partial charge in [-0.05, 0) is 56.0 Å². The minimum atomic E-state index is -0.0455. The van der Waals surface area contributed by atoms with E-state index in [-0.39, 0.29) is 5.54 Å². The molecule has 2 aromatic heterocycles. The predicted octanol–water partition coefficient (Wildman–Crippen LogP) is 7.08. The molecule has 7 heteroatoms. The Hall–Kier alpha value is -2.64. The number of ether oxygens (including phenoxy) is 2. The lowest BCUT2D eigenvalue weighted by molar-refractivity contribution is 0.249. The lowest BCUT2D eigenvalue weighted by Crippen LogP contribution is -2.35. The van der Waals surface area contributed by atoms with Crippen LogP contribution >= 0.6 is 22.9 Å². The molecule has 0 spiro atoms. The summed E-state index contributed by atoms with van der Waals surface area (Å²) >= 11 is 8.98. The Balaban J connectivity index is 1.61. The van der Waals surface area contributed by atoms with Crippen LogP contribution in [-0.2, 0) is 26.1 Å². The fourth-order valence-electron chi connectivity index (χ4n) is 4.91. The smallest absolute Gasteiger partial charge is 0.161 e. The molecule has 3 heterocycles. The second-order valence-corrected chi connectivity index (χ2v) is 12.0. The number of nitrogens with zero attached hydrogens (tertiary/aromatic N) is 2. The van der Waals surface area contributed by atoms with Gasteiger partial charge in [0.1, 0.15) is 4.83 Å². The zero-order chi connectivity index (χ0) is 26.2. The Labute approximate surface area is 228 Å². The molecule has 1 N–H and O–H groups in total. The summed E-state index contributed by atoms with van der Waals surface area (Å²) < 4.78 is 11.1. The molecule has 1 aliphatic rings.